The predicted octanol–water partition coefficient (Wildman–Crippen LogP) is -3.02. The van der Waals surface area contributed by atoms with E-state index in [2.05, 4.69) is 41.9 Å². The minimum atomic E-state index is -1.49. The number of carbonyl (C=O) groups excluding carboxylic acids is 6. The van der Waals surface area contributed by atoms with Gasteiger partial charge in [-0.3, -0.25) is 38.6 Å². The average molecular weight is 864 g/mol. The molecule has 0 aliphatic heterocycles. The Bertz CT molecular complexity index is 1840. The summed E-state index contributed by atoms with van der Waals surface area (Å²) in [5.41, 5.74) is 17.8. The van der Waals surface area contributed by atoms with Crippen LogP contribution in [0.5, 0.6) is 0 Å². The highest BCUT2D eigenvalue weighted by molar-refractivity contribution is 7.98. The summed E-state index contributed by atoms with van der Waals surface area (Å²) in [6.07, 6.45) is 2.61. The van der Waals surface area contributed by atoms with E-state index in [1.807, 2.05) is 12.1 Å². The summed E-state index contributed by atoms with van der Waals surface area (Å²) in [6.45, 7) is 1.88. The maximum atomic E-state index is 13.7. The number of guanidine groups is 1. The van der Waals surface area contributed by atoms with Crippen LogP contribution in [0.1, 0.15) is 51.5 Å². The van der Waals surface area contributed by atoms with Crippen LogP contribution < -0.4 is 49.1 Å². The van der Waals surface area contributed by atoms with E-state index in [1.54, 1.807) is 38.4 Å². The van der Waals surface area contributed by atoms with Gasteiger partial charge in [0.2, 0.25) is 35.4 Å². The molecule has 60 heavy (non-hydrogen) atoms. The van der Waals surface area contributed by atoms with Crippen LogP contribution in [0.4, 0.5) is 0 Å². The van der Waals surface area contributed by atoms with E-state index < -0.39 is 116 Å². The molecule has 1 heterocycles. The first-order valence-corrected chi connectivity index (χ1v) is 20.5. The number of aliphatic hydroxyl groups is 1. The largest absolute Gasteiger partial charge is 0.481 e. The van der Waals surface area contributed by atoms with E-state index in [4.69, 9.17) is 17.2 Å². The molecule has 2 aromatic rings. The first kappa shape index (κ1) is 50.2. The summed E-state index contributed by atoms with van der Waals surface area (Å²) in [5.74, 6) is -8.13. The maximum Gasteiger partial charge on any atom is 0.326 e. The molecule has 1 aromatic heterocycles. The number of aliphatic hydroxyl groups excluding tert-OH is 1. The molecule has 6 unspecified atom stereocenters. The number of carboxylic acid groups (broad SMARTS) is 2. The smallest absolute Gasteiger partial charge is 0.326 e. The number of aliphatic imine (C=N–C) groups is 1. The van der Waals surface area contributed by atoms with Crippen LogP contribution in [0.15, 0.2) is 35.5 Å². The fourth-order valence-corrected chi connectivity index (χ4v) is 6.23. The van der Waals surface area contributed by atoms with Crippen molar-refractivity contribution in [2.45, 2.75) is 88.6 Å². The molecule has 0 spiro atoms. The van der Waals surface area contributed by atoms with Crippen molar-refractivity contribution in [3.63, 3.8) is 0 Å². The second kappa shape index (κ2) is 25.5. The van der Waals surface area contributed by atoms with Gasteiger partial charge in [0.25, 0.3) is 0 Å². The highest BCUT2D eigenvalue weighted by atomic mass is 32.2. The van der Waals surface area contributed by atoms with Crippen LogP contribution >= 0.6 is 11.8 Å². The van der Waals surface area contributed by atoms with E-state index >= 15 is 0 Å². The van der Waals surface area contributed by atoms with E-state index in [0.717, 1.165) is 10.9 Å². The molecule has 0 aliphatic rings. The highest BCUT2D eigenvalue weighted by Gasteiger charge is 2.33. The Labute approximate surface area is 350 Å². The second-order valence-corrected chi connectivity index (χ2v) is 15.1. The molecule has 0 saturated heterocycles. The number of hydrogen-bond donors (Lipinski definition) is 13. The van der Waals surface area contributed by atoms with Crippen molar-refractivity contribution in [2.24, 2.45) is 28.1 Å². The Kier molecular flexibility index (Phi) is 21.4. The number of rotatable bonds is 27. The zero-order chi connectivity index (χ0) is 44.9. The number of carbonyl (C=O) groups is 8. The molecule has 22 nitrogen and oxygen atoms in total. The van der Waals surface area contributed by atoms with Gasteiger partial charge in [-0.15, -0.1) is 0 Å². The van der Waals surface area contributed by atoms with Gasteiger partial charge in [0.05, 0.1) is 13.2 Å². The van der Waals surface area contributed by atoms with Gasteiger partial charge in [0.1, 0.15) is 36.3 Å². The number of aromatic amines is 1. The molecule has 23 heteroatoms. The number of amides is 6. The van der Waals surface area contributed by atoms with E-state index in [1.165, 1.54) is 11.8 Å². The maximum absolute atomic E-state index is 13.7. The Morgan fingerprint density at radius 3 is 2.03 bits per heavy atom. The number of carboxylic acids is 2. The van der Waals surface area contributed by atoms with E-state index in [0.29, 0.717) is 11.3 Å². The lowest BCUT2D eigenvalue weighted by Crippen LogP contribution is -2.60. The summed E-state index contributed by atoms with van der Waals surface area (Å²) in [7, 11) is 0. The number of hydrogen-bond acceptors (Lipinski definition) is 12. The number of H-pyrrole nitrogens is 1. The van der Waals surface area contributed by atoms with Gasteiger partial charge >= 0.3 is 11.9 Å². The monoisotopic (exact) mass is 863 g/mol. The summed E-state index contributed by atoms with van der Waals surface area (Å²) in [4.78, 5) is 110. The predicted molar refractivity (Wildman–Crippen MR) is 222 cm³/mol. The lowest BCUT2D eigenvalue weighted by molar-refractivity contribution is -0.141. The zero-order valence-corrected chi connectivity index (χ0v) is 34.5. The summed E-state index contributed by atoms with van der Waals surface area (Å²) in [5, 5.41) is 44.0. The summed E-state index contributed by atoms with van der Waals surface area (Å²) >= 11 is 1.36. The van der Waals surface area contributed by atoms with Gasteiger partial charge < -0.3 is 69.4 Å². The number of nitrogens with two attached hydrogens (primary N) is 3. The van der Waals surface area contributed by atoms with Crippen molar-refractivity contribution in [3.8, 4) is 0 Å². The van der Waals surface area contributed by atoms with Gasteiger partial charge in [-0.1, -0.05) is 32.0 Å². The van der Waals surface area contributed by atoms with Gasteiger partial charge in [-0.2, -0.15) is 11.8 Å². The number of nitrogens with one attached hydrogen (secondary N) is 7. The first-order chi connectivity index (χ1) is 28.4. The Morgan fingerprint density at radius 1 is 0.800 bits per heavy atom. The van der Waals surface area contributed by atoms with Crippen molar-refractivity contribution in [1.29, 1.82) is 0 Å². The van der Waals surface area contributed by atoms with Crippen LogP contribution in [0.2, 0.25) is 0 Å². The molecule has 0 saturated carbocycles. The average Bonchev–Trinajstić information content (AvgIpc) is 3.61. The molecule has 0 fully saturated rings. The lowest BCUT2D eigenvalue weighted by Gasteiger charge is -2.28. The topological polar surface area (TPSA) is 376 Å². The number of para-hydroxylation sites is 1. The highest BCUT2D eigenvalue weighted by Crippen LogP contribution is 2.19. The molecule has 1 aromatic carbocycles. The molecule has 332 valence electrons. The Hall–Kier alpha value is -5.94. The van der Waals surface area contributed by atoms with Crippen molar-refractivity contribution >= 4 is 76.0 Å². The third-order valence-electron chi connectivity index (χ3n) is 9.04. The van der Waals surface area contributed by atoms with Crippen molar-refractivity contribution in [2.75, 3.05) is 31.7 Å². The first-order valence-electron chi connectivity index (χ1n) is 19.1. The third-order valence-corrected chi connectivity index (χ3v) is 9.68. The molecule has 0 radical (unpaired) electrons. The Morgan fingerprint density at radius 2 is 1.42 bits per heavy atom. The van der Waals surface area contributed by atoms with E-state index in [-0.39, 0.29) is 38.2 Å². The minimum Gasteiger partial charge on any atom is -0.481 e. The second-order valence-electron chi connectivity index (χ2n) is 14.1. The van der Waals surface area contributed by atoms with Crippen molar-refractivity contribution in [1.82, 2.24) is 36.9 Å². The molecule has 6 atom stereocenters. The molecule has 6 amide bonds. The third kappa shape index (κ3) is 17.1. The number of fused-ring (bicyclic) bond motifs is 1. The van der Waals surface area contributed by atoms with Crippen LogP contribution in [-0.4, -0.2) is 142 Å². The van der Waals surface area contributed by atoms with Gasteiger partial charge in [-0.05, 0) is 55.2 Å². The molecule has 2 rings (SSSR count). The number of benzene rings is 1. The molecule has 0 aliphatic carbocycles. The summed E-state index contributed by atoms with van der Waals surface area (Å²) < 4.78 is 0. The van der Waals surface area contributed by atoms with Crippen LogP contribution in [0.3, 0.4) is 0 Å². The van der Waals surface area contributed by atoms with Crippen molar-refractivity contribution < 1.29 is 53.7 Å². The van der Waals surface area contributed by atoms with Gasteiger partial charge in [0, 0.05) is 36.5 Å². The van der Waals surface area contributed by atoms with Crippen molar-refractivity contribution in [3.05, 3.63) is 36.0 Å². The SMILES string of the molecule is CSCCC(NC(=O)C(N)CO)C(=O)NC(CCC(=O)O)C(=O)NC(C(=O)NC(CCCN=C(N)N)C(=O)NCC(=O)NC(Cc1c[nH]c2ccccc12)C(=O)O)C(C)C. The summed E-state index contributed by atoms with van der Waals surface area (Å²) in [6, 6.07) is -0.791. The standard InChI is InChI=1S/C37H57N11O11S/c1-19(2)30(48-34(56)25(10-11-29(51)52)46-33(55)26(12-14-60-3)45-31(53)22(38)18-49)35(57)47-24(9-6-13-41-37(39)40)32(54)43-17-28(50)44-27(36(58)59)15-20-16-42-23-8-5-4-7-21(20)23/h4-5,7-8,16,19,22,24-27,30,42,49H,6,9-15,17-18,38H2,1-3H3,(H,43,54)(H,44,50)(H,45,53)(H,46,55)(H,47,57)(H,48,56)(H,51,52)(H,58,59)(H4,39,40,41). The number of nitrogens with zero attached hydrogens (tertiary/aromatic N) is 1. The lowest BCUT2D eigenvalue weighted by atomic mass is 10.0. The number of thioether (sulfide) groups is 1. The quantitative estimate of drug-likeness (QED) is 0.0242. The Balaban J connectivity index is 2.22. The normalized spacial score (nSPS) is 14.0. The molecule has 16 N–H and O–H groups in total. The van der Waals surface area contributed by atoms with Crippen LogP contribution in [0.25, 0.3) is 10.9 Å². The van der Waals surface area contributed by atoms with Crippen LogP contribution in [0, 0.1) is 5.92 Å². The fourth-order valence-electron chi connectivity index (χ4n) is 5.75. The fraction of sp³-hybridized carbons (Fsp3) is 0.541. The minimum absolute atomic E-state index is 0.0482. The van der Waals surface area contributed by atoms with E-state index in [9.17, 15) is 53.7 Å². The number of aliphatic carboxylic acids is 2. The van der Waals surface area contributed by atoms with Gasteiger partial charge in [0.15, 0.2) is 5.96 Å². The molecule has 0 bridgehead atoms. The number of aromatic nitrogens is 1. The molecular formula is C37H57N11O11S. The molecular weight excluding hydrogens is 807 g/mol. The zero-order valence-electron chi connectivity index (χ0n) is 33.7. The van der Waals surface area contributed by atoms with Gasteiger partial charge in [-0.25, -0.2) is 4.79 Å². The van der Waals surface area contributed by atoms with Crippen LogP contribution in [-0.2, 0) is 44.8 Å².